The Bertz CT molecular complexity index is 3810. The molecule has 2 nitrogen and oxygen atoms in total. The minimum atomic E-state index is -0.0610. The molecule has 0 spiro atoms. The number of anilines is 3. The Hall–Kier alpha value is -7.72. The zero-order valence-electron chi connectivity index (χ0n) is 35.5. The molecule has 3 heteroatoms. The van der Waals surface area contributed by atoms with E-state index in [0.717, 1.165) is 50.1 Å². The monoisotopic (exact) mass is 835 g/mol. The Kier molecular flexibility index (Phi) is 8.16. The number of furan rings is 1. The highest BCUT2D eigenvalue weighted by Crippen LogP contribution is 2.51. The summed E-state index contributed by atoms with van der Waals surface area (Å²) in [5.41, 5.74) is 17.7. The molecule has 0 amide bonds. The van der Waals surface area contributed by atoms with Crippen molar-refractivity contribution in [2.24, 2.45) is 0 Å². The summed E-state index contributed by atoms with van der Waals surface area (Å²) in [6.07, 6.45) is 0. The molecule has 0 saturated carbocycles. The summed E-state index contributed by atoms with van der Waals surface area (Å²) < 4.78 is 9.06. The Labute approximate surface area is 375 Å². The van der Waals surface area contributed by atoms with Gasteiger partial charge in [0.15, 0.2) is 0 Å². The fraction of sp³-hybridized carbons (Fsp3) is 0.0492. The first-order valence-electron chi connectivity index (χ1n) is 22.1. The third kappa shape index (κ3) is 5.64. The molecule has 64 heavy (non-hydrogen) atoms. The van der Waals surface area contributed by atoms with Crippen molar-refractivity contribution in [2.45, 2.75) is 19.3 Å². The van der Waals surface area contributed by atoms with E-state index in [1.54, 1.807) is 0 Å². The Morgan fingerprint density at radius 2 is 1.05 bits per heavy atom. The normalized spacial score (nSPS) is 13.0. The van der Waals surface area contributed by atoms with Crippen molar-refractivity contribution in [3.05, 3.63) is 223 Å². The third-order valence-corrected chi connectivity index (χ3v) is 14.9. The van der Waals surface area contributed by atoms with Gasteiger partial charge in [-0.25, -0.2) is 0 Å². The SMILES string of the molecule is CC1(C)c2ccccc2-c2ccc(-c3ccc(N(c4ccc(-c5cccc6c5oc5ccccc56)cc4)c4ccc(-c5ccc6ccccc6c5)c5sc6ccccc6c45)cc3)cc21. The van der Waals surface area contributed by atoms with Gasteiger partial charge in [-0.15, -0.1) is 11.3 Å². The molecule has 0 saturated heterocycles. The maximum Gasteiger partial charge on any atom is 0.143 e. The first kappa shape index (κ1) is 36.9. The molecule has 13 rings (SSSR count). The first-order valence-corrected chi connectivity index (χ1v) is 22.9. The molecule has 12 aromatic rings. The summed E-state index contributed by atoms with van der Waals surface area (Å²) in [5.74, 6) is 0. The van der Waals surface area contributed by atoms with Crippen LogP contribution in [0.1, 0.15) is 25.0 Å². The Morgan fingerprint density at radius 1 is 0.422 bits per heavy atom. The number of hydrogen-bond acceptors (Lipinski definition) is 3. The van der Waals surface area contributed by atoms with Gasteiger partial charge in [-0.1, -0.05) is 172 Å². The summed E-state index contributed by atoms with van der Waals surface area (Å²) in [6, 6.07) is 77.9. The number of nitrogens with zero attached hydrogens (tertiary/aromatic N) is 1. The molecular formula is C61H41NOS. The molecule has 0 unspecified atom stereocenters. The minimum Gasteiger partial charge on any atom is -0.455 e. The minimum absolute atomic E-state index is 0.0610. The fourth-order valence-electron chi connectivity index (χ4n) is 10.5. The second-order valence-electron chi connectivity index (χ2n) is 17.6. The highest BCUT2D eigenvalue weighted by atomic mass is 32.1. The molecule has 10 aromatic carbocycles. The second-order valence-corrected chi connectivity index (χ2v) is 18.7. The maximum absolute atomic E-state index is 6.50. The van der Waals surface area contributed by atoms with Gasteiger partial charge in [-0.2, -0.15) is 0 Å². The number of rotatable bonds is 6. The zero-order valence-corrected chi connectivity index (χ0v) is 36.3. The van der Waals surface area contributed by atoms with Crippen molar-refractivity contribution in [1.29, 1.82) is 0 Å². The fourth-order valence-corrected chi connectivity index (χ4v) is 11.7. The smallest absolute Gasteiger partial charge is 0.143 e. The largest absolute Gasteiger partial charge is 0.455 e. The lowest BCUT2D eigenvalue weighted by atomic mass is 9.81. The molecule has 0 radical (unpaired) electrons. The quantitative estimate of drug-likeness (QED) is 0.166. The molecule has 0 atom stereocenters. The van der Waals surface area contributed by atoms with E-state index in [2.05, 4.69) is 225 Å². The van der Waals surface area contributed by atoms with Crippen LogP contribution in [0.4, 0.5) is 17.1 Å². The summed E-state index contributed by atoms with van der Waals surface area (Å²) in [6.45, 7) is 4.70. The van der Waals surface area contributed by atoms with Crippen LogP contribution in [0.5, 0.6) is 0 Å². The molecule has 0 bridgehead atoms. The van der Waals surface area contributed by atoms with E-state index in [0.29, 0.717) is 0 Å². The highest BCUT2D eigenvalue weighted by Gasteiger charge is 2.35. The van der Waals surface area contributed by atoms with Gasteiger partial charge in [-0.05, 0) is 115 Å². The number of benzene rings is 10. The van der Waals surface area contributed by atoms with Gasteiger partial charge in [0, 0.05) is 53.3 Å². The Balaban J connectivity index is 0.973. The van der Waals surface area contributed by atoms with Crippen molar-refractivity contribution >= 4 is 81.3 Å². The lowest BCUT2D eigenvalue weighted by Gasteiger charge is -2.27. The van der Waals surface area contributed by atoms with E-state index in [1.165, 1.54) is 75.5 Å². The maximum atomic E-state index is 6.50. The second kappa shape index (κ2) is 14.2. The van der Waals surface area contributed by atoms with E-state index >= 15 is 0 Å². The van der Waals surface area contributed by atoms with Crippen molar-refractivity contribution < 1.29 is 4.42 Å². The van der Waals surface area contributed by atoms with E-state index < -0.39 is 0 Å². The van der Waals surface area contributed by atoms with Crippen LogP contribution < -0.4 is 4.90 Å². The van der Waals surface area contributed by atoms with Gasteiger partial charge in [0.05, 0.1) is 5.69 Å². The molecule has 1 aliphatic rings. The van der Waals surface area contributed by atoms with Gasteiger partial charge in [0.25, 0.3) is 0 Å². The summed E-state index contributed by atoms with van der Waals surface area (Å²) in [5, 5.41) is 7.28. The van der Waals surface area contributed by atoms with Crippen LogP contribution in [0.2, 0.25) is 0 Å². The highest BCUT2D eigenvalue weighted by molar-refractivity contribution is 7.26. The van der Waals surface area contributed by atoms with Crippen LogP contribution >= 0.6 is 11.3 Å². The number of thiophene rings is 1. The molecule has 0 fully saturated rings. The van der Waals surface area contributed by atoms with Crippen LogP contribution in [0.3, 0.4) is 0 Å². The van der Waals surface area contributed by atoms with Crippen molar-refractivity contribution in [3.63, 3.8) is 0 Å². The van der Waals surface area contributed by atoms with E-state index in [1.807, 2.05) is 17.4 Å². The average molecular weight is 836 g/mol. The predicted octanol–water partition coefficient (Wildman–Crippen LogP) is 17.9. The van der Waals surface area contributed by atoms with Gasteiger partial charge >= 0.3 is 0 Å². The molecular weight excluding hydrogens is 795 g/mol. The standard InChI is InChI=1S/C61H41NOS/c1-61(2)53-19-8-5-14-48(53)49-33-28-42(37-54(49)61)39-24-29-44(30-25-39)62(45-31-26-40(27-32-45)46-17-11-18-51-50-15-6-9-20-56(50)63-59(46)51)55-35-34-47(43-23-22-38-12-3-4-13-41(38)36-43)60-58(55)52-16-7-10-21-57(52)64-60/h3-37H,1-2H3. The van der Waals surface area contributed by atoms with E-state index in [-0.39, 0.29) is 5.41 Å². The predicted molar refractivity (Wildman–Crippen MR) is 273 cm³/mol. The van der Waals surface area contributed by atoms with Crippen LogP contribution in [0, 0.1) is 0 Å². The lowest BCUT2D eigenvalue weighted by molar-refractivity contribution is 0.660. The molecule has 302 valence electrons. The van der Waals surface area contributed by atoms with Gasteiger partial charge < -0.3 is 9.32 Å². The van der Waals surface area contributed by atoms with Crippen molar-refractivity contribution in [2.75, 3.05) is 4.90 Å². The number of hydrogen-bond donors (Lipinski definition) is 0. The average Bonchev–Trinajstić information content (AvgIpc) is 4.00. The van der Waals surface area contributed by atoms with Crippen LogP contribution in [0.25, 0.3) is 97.4 Å². The van der Waals surface area contributed by atoms with Crippen molar-refractivity contribution in [1.82, 2.24) is 0 Å². The topological polar surface area (TPSA) is 16.4 Å². The van der Waals surface area contributed by atoms with Gasteiger partial charge in [0.2, 0.25) is 0 Å². The van der Waals surface area contributed by atoms with Gasteiger partial charge in [0.1, 0.15) is 11.2 Å². The molecule has 2 aromatic heterocycles. The molecule has 0 N–H and O–H groups in total. The summed E-state index contributed by atoms with van der Waals surface area (Å²) in [4.78, 5) is 2.45. The molecule has 0 aliphatic heterocycles. The summed E-state index contributed by atoms with van der Waals surface area (Å²) in [7, 11) is 0. The summed E-state index contributed by atoms with van der Waals surface area (Å²) >= 11 is 1.88. The van der Waals surface area contributed by atoms with Crippen molar-refractivity contribution in [3.8, 4) is 44.5 Å². The Morgan fingerprint density at radius 3 is 1.89 bits per heavy atom. The first-order chi connectivity index (χ1) is 31.5. The van der Waals surface area contributed by atoms with Crippen LogP contribution in [-0.4, -0.2) is 0 Å². The number of fused-ring (bicyclic) bond motifs is 10. The molecule has 2 heterocycles. The van der Waals surface area contributed by atoms with Crippen LogP contribution in [0.15, 0.2) is 217 Å². The van der Waals surface area contributed by atoms with E-state index in [4.69, 9.17) is 4.42 Å². The van der Waals surface area contributed by atoms with Gasteiger partial charge in [-0.3, -0.25) is 0 Å². The van der Waals surface area contributed by atoms with E-state index in [9.17, 15) is 0 Å². The third-order valence-electron chi connectivity index (χ3n) is 13.7. The zero-order chi connectivity index (χ0) is 42.5. The lowest BCUT2D eigenvalue weighted by Crippen LogP contribution is -2.14. The molecule has 1 aliphatic carbocycles. The number of para-hydroxylation sites is 2. The van der Waals surface area contributed by atoms with Crippen LogP contribution in [-0.2, 0) is 5.41 Å².